The Morgan fingerprint density at radius 2 is 1.58 bits per heavy atom. The van der Waals surface area contributed by atoms with Crippen molar-refractivity contribution in [1.82, 2.24) is 0 Å². The fourth-order valence-corrected chi connectivity index (χ4v) is 2.08. The second-order valence-corrected chi connectivity index (χ2v) is 5.86. The molecule has 138 valence electrons. The molecule has 2 aromatic carbocycles. The monoisotopic (exact) mass is 358 g/mol. The van der Waals surface area contributed by atoms with Gasteiger partial charge in [0.05, 0.1) is 11.0 Å². The van der Waals surface area contributed by atoms with Gasteiger partial charge in [0.1, 0.15) is 11.5 Å². The lowest BCUT2D eigenvalue weighted by atomic mass is 10.2. The first-order valence-electron chi connectivity index (χ1n) is 8.37. The zero-order chi connectivity index (χ0) is 19.1. The Morgan fingerprint density at radius 3 is 2.12 bits per heavy atom. The van der Waals surface area contributed by atoms with E-state index in [0.717, 1.165) is 12.2 Å². The number of rotatable bonds is 8. The molecular weight excluding hydrogens is 336 g/mol. The summed E-state index contributed by atoms with van der Waals surface area (Å²) in [5.74, 6) is 0.807. The van der Waals surface area contributed by atoms with Crippen LogP contribution in [0.5, 0.6) is 11.5 Å². The molecule has 0 aromatic heterocycles. The predicted molar refractivity (Wildman–Crippen MR) is 98.6 cm³/mol. The Bertz CT molecular complexity index is 744. The first-order valence-corrected chi connectivity index (χ1v) is 8.37. The average molecular weight is 358 g/mol. The summed E-state index contributed by atoms with van der Waals surface area (Å²) >= 11 is 0. The van der Waals surface area contributed by atoms with Crippen LogP contribution in [0.3, 0.4) is 0 Å². The third-order valence-corrected chi connectivity index (χ3v) is 3.76. The van der Waals surface area contributed by atoms with Gasteiger partial charge in [0.2, 0.25) is 0 Å². The van der Waals surface area contributed by atoms with E-state index in [2.05, 4.69) is 5.32 Å². The molecule has 2 unspecified atom stereocenters. The van der Waals surface area contributed by atoms with Crippen LogP contribution < -0.4 is 14.8 Å². The number of anilines is 1. The van der Waals surface area contributed by atoms with Crippen LogP contribution in [0.15, 0.2) is 48.5 Å². The van der Waals surface area contributed by atoms with Crippen LogP contribution in [-0.2, 0) is 4.79 Å². The lowest BCUT2D eigenvalue weighted by Crippen LogP contribution is -2.30. The van der Waals surface area contributed by atoms with Crippen LogP contribution in [0.1, 0.15) is 27.2 Å². The van der Waals surface area contributed by atoms with Gasteiger partial charge in [-0.05, 0) is 56.7 Å². The zero-order valence-electron chi connectivity index (χ0n) is 15.0. The summed E-state index contributed by atoms with van der Waals surface area (Å²) in [6, 6.07) is 12.7. The molecule has 0 radical (unpaired) electrons. The molecule has 0 aliphatic carbocycles. The third kappa shape index (κ3) is 5.47. The highest BCUT2D eigenvalue weighted by atomic mass is 16.6. The fraction of sp³-hybridized carbons (Fsp3) is 0.316. The van der Waals surface area contributed by atoms with Gasteiger partial charge in [0, 0.05) is 17.8 Å². The van der Waals surface area contributed by atoms with Gasteiger partial charge in [-0.3, -0.25) is 14.9 Å². The van der Waals surface area contributed by atoms with Crippen LogP contribution in [0.25, 0.3) is 0 Å². The summed E-state index contributed by atoms with van der Waals surface area (Å²) in [4.78, 5) is 22.4. The van der Waals surface area contributed by atoms with Crippen LogP contribution in [0.4, 0.5) is 11.4 Å². The second-order valence-electron chi connectivity index (χ2n) is 5.86. The zero-order valence-corrected chi connectivity index (χ0v) is 15.0. The standard InChI is InChI=1S/C19H22N2O5/c1-4-13(2)25-17-9-5-15(6-10-17)20-19(22)14(3)26-18-11-7-16(8-12-18)21(23)24/h5-14H,4H2,1-3H3,(H,20,22). The van der Waals surface area contributed by atoms with Crippen molar-refractivity contribution in [1.29, 1.82) is 0 Å². The van der Waals surface area contributed by atoms with E-state index in [1.807, 2.05) is 13.8 Å². The highest BCUT2D eigenvalue weighted by Crippen LogP contribution is 2.20. The molecule has 0 heterocycles. The maximum Gasteiger partial charge on any atom is 0.269 e. The molecule has 0 fully saturated rings. The van der Waals surface area contributed by atoms with Gasteiger partial charge < -0.3 is 14.8 Å². The summed E-state index contributed by atoms with van der Waals surface area (Å²) in [5.41, 5.74) is 0.597. The molecule has 2 atom stereocenters. The lowest BCUT2D eigenvalue weighted by Gasteiger charge is -2.15. The molecular formula is C19H22N2O5. The van der Waals surface area contributed by atoms with E-state index in [9.17, 15) is 14.9 Å². The number of carbonyl (C=O) groups is 1. The molecule has 26 heavy (non-hydrogen) atoms. The van der Waals surface area contributed by atoms with Gasteiger partial charge in [-0.2, -0.15) is 0 Å². The molecule has 1 N–H and O–H groups in total. The van der Waals surface area contributed by atoms with Gasteiger partial charge >= 0.3 is 0 Å². The number of hydrogen-bond acceptors (Lipinski definition) is 5. The van der Waals surface area contributed by atoms with Crippen molar-refractivity contribution in [2.24, 2.45) is 0 Å². The number of amides is 1. The number of hydrogen-bond donors (Lipinski definition) is 1. The van der Waals surface area contributed by atoms with Gasteiger partial charge in [-0.15, -0.1) is 0 Å². The molecule has 2 rings (SSSR count). The summed E-state index contributed by atoms with van der Waals surface area (Å²) in [7, 11) is 0. The van der Waals surface area contributed by atoms with Gasteiger partial charge in [-0.25, -0.2) is 0 Å². The molecule has 0 bridgehead atoms. The molecule has 7 heteroatoms. The van der Waals surface area contributed by atoms with E-state index in [4.69, 9.17) is 9.47 Å². The largest absolute Gasteiger partial charge is 0.491 e. The summed E-state index contributed by atoms with van der Waals surface area (Å²) in [6.45, 7) is 5.65. The second kappa shape index (κ2) is 8.84. The Morgan fingerprint density at radius 1 is 1.04 bits per heavy atom. The van der Waals surface area contributed by atoms with Crippen LogP contribution >= 0.6 is 0 Å². The molecule has 0 saturated carbocycles. The predicted octanol–water partition coefficient (Wildman–Crippen LogP) is 4.18. The highest BCUT2D eigenvalue weighted by Gasteiger charge is 2.15. The number of carbonyl (C=O) groups excluding carboxylic acids is 1. The summed E-state index contributed by atoms with van der Waals surface area (Å²) in [6.07, 6.45) is 0.286. The molecule has 0 spiro atoms. The van der Waals surface area contributed by atoms with E-state index < -0.39 is 11.0 Å². The quantitative estimate of drug-likeness (QED) is 0.565. The minimum absolute atomic E-state index is 0.0332. The normalized spacial score (nSPS) is 12.7. The molecule has 1 amide bonds. The van der Waals surface area contributed by atoms with Crippen molar-refractivity contribution < 1.29 is 19.2 Å². The topological polar surface area (TPSA) is 90.7 Å². The van der Waals surface area contributed by atoms with Gasteiger partial charge in [-0.1, -0.05) is 6.92 Å². The first-order chi connectivity index (χ1) is 12.4. The Kier molecular flexibility index (Phi) is 6.54. The number of nitrogens with zero attached hydrogens (tertiary/aromatic N) is 1. The van der Waals surface area contributed by atoms with Crippen molar-refractivity contribution in [3.8, 4) is 11.5 Å². The molecule has 7 nitrogen and oxygen atoms in total. The van der Waals surface area contributed by atoms with Crippen molar-refractivity contribution in [2.45, 2.75) is 39.4 Å². The number of benzene rings is 2. The Balaban J connectivity index is 1.91. The van der Waals surface area contributed by atoms with Crippen molar-refractivity contribution in [2.75, 3.05) is 5.32 Å². The van der Waals surface area contributed by atoms with Crippen molar-refractivity contribution in [3.05, 3.63) is 58.6 Å². The van der Waals surface area contributed by atoms with E-state index >= 15 is 0 Å². The molecule has 0 aliphatic rings. The maximum atomic E-state index is 12.2. The van der Waals surface area contributed by atoms with Crippen molar-refractivity contribution in [3.63, 3.8) is 0 Å². The van der Waals surface area contributed by atoms with Crippen LogP contribution in [0.2, 0.25) is 0 Å². The van der Waals surface area contributed by atoms with Crippen LogP contribution in [0, 0.1) is 10.1 Å². The van der Waals surface area contributed by atoms with E-state index in [-0.39, 0.29) is 17.7 Å². The third-order valence-electron chi connectivity index (χ3n) is 3.76. The molecule has 0 aliphatic heterocycles. The lowest BCUT2D eigenvalue weighted by molar-refractivity contribution is -0.384. The van der Waals surface area contributed by atoms with Crippen molar-refractivity contribution >= 4 is 17.3 Å². The fourth-order valence-electron chi connectivity index (χ4n) is 2.08. The maximum absolute atomic E-state index is 12.2. The highest BCUT2D eigenvalue weighted by molar-refractivity contribution is 5.94. The number of non-ortho nitro benzene ring substituents is 1. The number of nitro benzene ring substituents is 1. The van der Waals surface area contributed by atoms with E-state index in [1.54, 1.807) is 31.2 Å². The average Bonchev–Trinajstić information content (AvgIpc) is 2.63. The smallest absolute Gasteiger partial charge is 0.269 e. The van der Waals surface area contributed by atoms with E-state index in [1.165, 1.54) is 24.3 Å². The van der Waals surface area contributed by atoms with Gasteiger partial charge in [0.15, 0.2) is 6.10 Å². The van der Waals surface area contributed by atoms with Gasteiger partial charge in [0.25, 0.3) is 11.6 Å². The summed E-state index contributed by atoms with van der Waals surface area (Å²) in [5, 5.41) is 13.4. The molecule has 2 aromatic rings. The Hall–Kier alpha value is -3.09. The minimum atomic E-state index is -0.757. The SMILES string of the molecule is CCC(C)Oc1ccc(NC(=O)C(C)Oc2ccc([N+](=O)[O-])cc2)cc1. The number of nitrogens with one attached hydrogen (secondary N) is 1. The van der Waals surface area contributed by atoms with Crippen LogP contribution in [-0.4, -0.2) is 23.0 Å². The number of nitro groups is 1. The number of ether oxygens (including phenoxy) is 2. The minimum Gasteiger partial charge on any atom is -0.491 e. The Labute approximate surface area is 152 Å². The molecule has 0 saturated heterocycles. The summed E-state index contributed by atoms with van der Waals surface area (Å²) < 4.78 is 11.2. The first kappa shape index (κ1) is 19.2. The van der Waals surface area contributed by atoms with E-state index in [0.29, 0.717) is 11.4 Å².